The van der Waals surface area contributed by atoms with Crippen molar-refractivity contribution in [2.45, 2.75) is 0 Å². The molecule has 0 radical (unpaired) electrons. The summed E-state index contributed by atoms with van der Waals surface area (Å²) < 4.78 is 0. The number of hydrogen-bond donors (Lipinski definition) is 0. The molecule has 0 aliphatic rings. The van der Waals surface area contributed by atoms with Crippen LogP contribution in [0.4, 0.5) is 0 Å². The van der Waals surface area contributed by atoms with Gasteiger partial charge in [-0.1, -0.05) is 53.6 Å². The van der Waals surface area contributed by atoms with Gasteiger partial charge in [-0.3, -0.25) is 9.97 Å². The molecule has 3 nitrogen and oxygen atoms in total. The van der Waals surface area contributed by atoms with Gasteiger partial charge >= 0.3 is 20.1 Å². The standard InChI is InChI=1S/C17H11N.C16H11N2.Ir/c1-3-8-14(9-4-1)16-12-7-13-17(18-16)15-10-5-2-6-11-15;1-3-10-17-15(8-1)13-6-5-7-14(12-13)16-9-2-4-11-18-16;/h1-8,10,12-13H;1-11H;/q-2;-1;+3. The predicted molar refractivity (Wildman–Crippen MR) is 145 cm³/mol. The molecule has 6 rings (SSSR count). The number of aromatic nitrogens is 3. The van der Waals surface area contributed by atoms with Gasteiger partial charge in [0.1, 0.15) is 0 Å². The van der Waals surface area contributed by atoms with Crippen LogP contribution < -0.4 is 0 Å². The molecule has 0 amide bonds. The second-order valence-corrected chi connectivity index (χ2v) is 7.87. The van der Waals surface area contributed by atoms with Crippen LogP contribution in [0.5, 0.6) is 0 Å². The Kier molecular flexibility index (Phi) is 9.20. The maximum atomic E-state index is 4.65. The minimum Gasteiger partial charge on any atom is -0.345 e. The van der Waals surface area contributed by atoms with Gasteiger partial charge in [0.25, 0.3) is 0 Å². The van der Waals surface area contributed by atoms with Crippen molar-refractivity contribution in [3.8, 4) is 45.0 Å². The van der Waals surface area contributed by atoms with Crippen molar-refractivity contribution in [2.75, 3.05) is 0 Å². The van der Waals surface area contributed by atoms with Crippen LogP contribution in [0.1, 0.15) is 0 Å². The summed E-state index contributed by atoms with van der Waals surface area (Å²) in [5.74, 6) is 0. The molecule has 0 N–H and O–H groups in total. The Morgan fingerprint density at radius 1 is 0.405 bits per heavy atom. The van der Waals surface area contributed by atoms with Crippen molar-refractivity contribution in [3.63, 3.8) is 0 Å². The van der Waals surface area contributed by atoms with E-state index in [-0.39, 0.29) is 20.1 Å². The molecule has 0 bridgehead atoms. The van der Waals surface area contributed by atoms with Gasteiger partial charge in [0.2, 0.25) is 0 Å². The summed E-state index contributed by atoms with van der Waals surface area (Å²) in [6.45, 7) is 0. The Morgan fingerprint density at radius 2 is 0.838 bits per heavy atom. The summed E-state index contributed by atoms with van der Waals surface area (Å²) in [4.78, 5) is 13.3. The molecule has 0 spiro atoms. The molecule has 0 atom stereocenters. The van der Waals surface area contributed by atoms with Crippen molar-refractivity contribution in [1.29, 1.82) is 0 Å². The van der Waals surface area contributed by atoms with Gasteiger partial charge < -0.3 is 4.98 Å². The predicted octanol–water partition coefficient (Wildman–Crippen LogP) is 7.62. The SMILES string of the molecule is [Ir+3].[c-]1c(-c2ccccn2)cccc1-c1ccccn1.[c-]1ccccc1-c1cccc(-c2[c-]cccc2)n1. The molecule has 3 aromatic carbocycles. The normalized spacial score (nSPS) is 9.95. The zero-order chi connectivity index (χ0) is 24.4. The first kappa shape index (κ1) is 25.8. The Balaban J connectivity index is 0.000000168. The molecule has 0 saturated carbocycles. The maximum absolute atomic E-state index is 4.65. The molecule has 0 unspecified atom stereocenters. The van der Waals surface area contributed by atoms with Crippen LogP contribution >= 0.6 is 0 Å². The average Bonchev–Trinajstić information content (AvgIpc) is 2.99. The van der Waals surface area contributed by atoms with Crippen LogP contribution in [-0.2, 0) is 20.1 Å². The van der Waals surface area contributed by atoms with Crippen molar-refractivity contribution in [1.82, 2.24) is 15.0 Å². The summed E-state index contributed by atoms with van der Waals surface area (Å²) in [7, 11) is 0. The second kappa shape index (κ2) is 13.2. The summed E-state index contributed by atoms with van der Waals surface area (Å²) in [6, 6.07) is 49.2. The van der Waals surface area contributed by atoms with E-state index in [0.717, 1.165) is 45.0 Å². The van der Waals surface area contributed by atoms with E-state index >= 15 is 0 Å². The van der Waals surface area contributed by atoms with E-state index in [1.54, 1.807) is 12.4 Å². The zero-order valence-corrected chi connectivity index (χ0v) is 22.3. The minimum atomic E-state index is 0. The quantitative estimate of drug-likeness (QED) is 0.184. The van der Waals surface area contributed by atoms with E-state index in [2.05, 4.69) is 33.2 Å². The zero-order valence-electron chi connectivity index (χ0n) is 19.9. The Bertz CT molecular complexity index is 1280. The van der Waals surface area contributed by atoms with E-state index in [1.807, 2.05) is 121 Å². The average molecular weight is 653 g/mol. The second-order valence-electron chi connectivity index (χ2n) is 7.87. The van der Waals surface area contributed by atoms with Gasteiger partial charge in [0, 0.05) is 23.8 Å². The van der Waals surface area contributed by atoms with Gasteiger partial charge in [-0.05, 0) is 23.5 Å². The van der Waals surface area contributed by atoms with Crippen molar-refractivity contribution in [2.24, 2.45) is 0 Å². The molecule has 0 aliphatic heterocycles. The van der Waals surface area contributed by atoms with Crippen LogP contribution in [0.25, 0.3) is 45.0 Å². The molecule has 178 valence electrons. The Labute approximate surface area is 231 Å². The monoisotopic (exact) mass is 653 g/mol. The topological polar surface area (TPSA) is 38.7 Å². The maximum Gasteiger partial charge on any atom is 3.00 e. The smallest absolute Gasteiger partial charge is 0.345 e. The fourth-order valence-corrected chi connectivity index (χ4v) is 3.65. The molecule has 0 fully saturated rings. The first-order chi connectivity index (χ1) is 17.9. The molecular formula is C33H22IrN3. The molecule has 0 saturated heterocycles. The van der Waals surface area contributed by atoms with Crippen LogP contribution in [0.15, 0.2) is 134 Å². The number of hydrogen-bond acceptors (Lipinski definition) is 3. The van der Waals surface area contributed by atoms with Gasteiger partial charge in [-0.25, -0.2) is 0 Å². The largest absolute Gasteiger partial charge is 3.00 e. The van der Waals surface area contributed by atoms with Crippen molar-refractivity contribution in [3.05, 3.63) is 152 Å². The fraction of sp³-hybridized carbons (Fsp3) is 0. The summed E-state index contributed by atoms with van der Waals surface area (Å²) >= 11 is 0. The van der Waals surface area contributed by atoms with Gasteiger partial charge in [0.05, 0.1) is 0 Å². The third-order valence-corrected chi connectivity index (χ3v) is 5.40. The first-order valence-electron chi connectivity index (χ1n) is 11.6. The van der Waals surface area contributed by atoms with Crippen molar-refractivity contribution >= 4 is 0 Å². The molecular weight excluding hydrogens is 631 g/mol. The first-order valence-corrected chi connectivity index (χ1v) is 11.6. The number of rotatable bonds is 4. The molecule has 0 aliphatic carbocycles. The molecule has 4 heteroatoms. The number of benzene rings is 3. The molecule has 3 aromatic heterocycles. The van der Waals surface area contributed by atoms with Crippen LogP contribution in [0.3, 0.4) is 0 Å². The molecule has 6 aromatic rings. The van der Waals surface area contributed by atoms with Crippen LogP contribution in [-0.4, -0.2) is 15.0 Å². The van der Waals surface area contributed by atoms with E-state index in [4.69, 9.17) is 0 Å². The summed E-state index contributed by atoms with van der Waals surface area (Å²) in [6.07, 6.45) is 3.58. The van der Waals surface area contributed by atoms with Gasteiger partial charge in [0.15, 0.2) is 0 Å². The third-order valence-electron chi connectivity index (χ3n) is 5.40. The van der Waals surface area contributed by atoms with E-state index in [9.17, 15) is 0 Å². The molecule has 3 heterocycles. The fourth-order valence-electron chi connectivity index (χ4n) is 3.65. The van der Waals surface area contributed by atoms with Crippen molar-refractivity contribution < 1.29 is 20.1 Å². The number of nitrogens with zero attached hydrogens (tertiary/aromatic N) is 3. The summed E-state index contributed by atoms with van der Waals surface area (Å²) in [5.41, 5.74) is 7.71. The third kappa shape index (κ3) is 6.92. The van der Waals surface area contributed by atoms with Gasteiger partial charge in [-0.15, -0.1) is 96.1 Å². The van der Waals surface area contributed by atoms with Gasteiger partial charge in [-0.2, -0.15) is 0 Å². The summed E-state index contributed by atoms with van der Waals surface area (Å²) in [5, 5.41) is 0. The van der Waals surface area contributed by atoms with Crippen LogP contribution in [0.2, 0.25) is 0 Å². The minimum absolute atomic E-state index is 0. The number of pyridine rings is 3. The van der Waals surface area contributed by atoms with E-state index in [0.29, 0.717) is 0 Å². The Morgan fingerprint density at radius 3 is 1.27 bits per heavy atom. The molecule has 37 heavy (non-hydrogen) atoms. The van der Waals surface area contributed by atoms with E-state index in [1.165, 1.54) is 0 Å². The van der Waals surface area contributed by atoms with E-state index < -0.39 is 0 Å². The Hall–Kier alpha value is -4.24. The van der Waals surface area contributed by atoms with Crippen LogP contribution in [0, 0.1) is 18.2 Å².